The summed E-state index contributed by atoms with van der Waals surface area (Å²) in [5, 5.41) is 0. The first kappa shape index (κ1) is 36.0. The molecule has 0 heterocycles. The summed E-state index contributed by atoms with van der Waals surface area (Å²) in [6, 6.07) is 0. The molecular weight excluding hydrogens is 334 g/mol. The molecule has 0 aromatic heterocycles. The first-order chi connectivity index (χ1) is 5.66. The van der Waals surface area contributed by atoms with E-state index in [2.05, 4.69) is 0 Å². The SMILES string of the molecule is [H-].[Li+].[O]=[Al][O-].[O]=[Al][O-].[O]=[Al][O-].[O]=[Al][O-].[Zr+4]. The third-order valence-corrected chi connectivity index (χ3v) is 0. The largest absolute Gasteiger partial charge is 4.00 e. The summed E-state index contributed by atoms with van der Waals surface area (Å²) in [6.07, 6.45) is 0. The number of hydrogen-bond donors (Lipinski definition) is 0. The zero-order valence-electron chi connectivity index (χ0n) is 8.08. The predicted molar refractivity (Wildman–Crippen MR) is 26.9 cm³/mol. The third-order valence-electron chi connectivity index (χ3n) is 0. The van der Waals surface area contributed by atoms with E-state index < -0.39 is 61.9 Å². The molecule has 0 spiro atoms. The van der Waals surface area contributed by atoms with Gasteiger partial charge in [-0.3, -0.25) is 0 Å². The van der Waals surface area contributed by atoms with E-state index in [1.807, 2.05) is 0 Å². The van der Waals surface area contributed by atoms with Crippen LogP contribution in [-0.4, -0.2) is 61.9 Å². The van der Waals surface area contributed by atoms with Crippen molar-refractivity contribution in [3.63, 3.8) is 0 Å². The Hall–Kier alpha value is 2.01. The van der Waals surface area contributed by atoms with Gasteiger partial charge in [0.15, 0.2) is 0 Å². The van der Waals surface area contributed by atoms with Crippen LogP contribution in [0.5, 0.6) is 0 Å². The minimum Gasteiger partial charge on any atom is 4.00 e. The van der Waals surface area contributed by atoms with E-state index in [4.69, 9.17) is 31.8 Å². The van der Waals surface area contributed by atoms with E-state index in [1.165, 1.54) is 0 Å². The molecule has 0 amide bonds. The van der Waals surface area contributed by atoms with Crippen LogP contribution in [0.15, 0.2) is 0 Å². The minimum atomic E-state index is -1.75. The van der Waals surface area contributed by atoms with Crippen molar-refractivity contribution in [1.82, 2.24) is 0 Å². The predicted octanol–water partition coefficient (Wildman–Crippen LogP) is -9.64. The molecule has 0 N–H and O–H groups in total. The van der Waals surface area contributed by atoms with Crippen LogP contribution in [0.4, 0.5) is 0 Å². The minimum absolute atomic E-state index is 0. The maximum atomic E-state index is 8.46. The summed E-state index contributed by atoms with van der Waals surface area (Å²) in [5.41, 5.74) is 0. The van der Waals surface area contributed by atoms with Gasteiger partial charge in [-0.2, -0.15) is 0 Å². The van der Waals surface area contributed by atoms with Crippen molar-refractivity contribution in [3.05, 3.63) is 0 Å². The quantitative estimate of drug-likeness (QED) is 0.394. The fourth-order valence-electron chi connectivity index (χ4n) is 0. The van der Waals surface area contributed by atoms with Gasteiger partial charge in [0.25, 0.3) is 0 Å². The van der Waals surface area contributed by atoms with Crippen LogP contribution in [-0.2, 0) is 41.4 Å². The van der Waals surface area contributed by atoms with E-state index in [9.17, 15) is 0 Å². The second-order valence-electron chi connectivity index (χ2n) is 0.385. The third kappa shape index (κ3) is 587. The van der Waals surface area contributed by atoms with E-state index in [-0.39, 0.29) is 46.5 Å². The molecule has 0 fully saturated rings. The summed E-state index contributed by atoms with van der Waals surface area (Å²) in [4.78, 5) is 0. The fraction of sp³-hybridized carbons (Fsp3) is 0. The Kier molecular flexibility index (Phi) is 210. The van der Waals surface area contributed by atoms with Crippen LogP contribution in [0.3, 0.4) is 0 Å². The van der Waals surface area contributed by atoms with Crippen molar-refractivity contribution in [2.45, 2.75) is 0 Å². The molecule has 0 radical (unpaired) electrons. The van der Waals surface area contributed by atoms with E-state index in [0.29, 0.717) is 0 Å². The van der Waals surface area contributed by atoms with Crippen LogP contribution >= 0.6 is 0 Å². The van der Waals surface area contributed by atoms with Gasteiger partial charge in [0.2, 0.25) is 0 Å². The van der Waals surface area contributed by atoms with Crippen molar-refractivity contribution in [2.75, 3.05) is 0 Å². The van der Waals surface area contributed by atoms with Gasteiger partial charge in [-0.25, -0.2) is 0 Å². The van der Waals surface area contributed by atoms with Crippen LogP contribution in [0.1, 0.15) is 1.43 Å². The molecule has 8 nitrogen and oxygen atoms in total. The van der Waals surface area contributed by atoms with Crippen LogP contribution in [0.25, 0.3) is 0 Å². The Morgan fingerprint density at radius 3 is 0.643 bits per heavy atom. The van der Waals surface area contributed by atoms with Crippen molar-refractivity contribution in [1.29, 1.82) is 0 Å². The molecule has 0 unspecified atom stereocenters. The number of rotatable bonds is 0. The Balaban J connectivity index is -0.0000000107. The summed E-state index contributed by atoms with van der Waals surface area (Å²) in [7, 11) is 0. The monoisotopic (exact) mass is 334 g/mol. The van der Waals surface area contributed by atoms with Crippen molar-refractivity contribution < 1.29 is 78.3 Å². The smallest absolute Gasteiger partial charge is 4.00 e. The Labute approximate surface area is 138 Å². The second kappa shape index (κ2) is 81.6. The molecule has 14 heavy (non-hydrogen) atoms. The fourth-order valence-corrected chi connectivity index (χ4v) is 0. The maximum Gasteiger partial charge on any atom is 4.00 e. The van der Waals surface area contributed by atoms with Crippen LogP contribution in [0, 0.1) is 0 Å². The summed E-state index contributed by atoms with van der Waals surface area (Å²) < 4.78 is 67.7. The normalized spacial score (nSPS) is 2.29. The van der Waals surface area contributed by atoms with Crippen molar-refractivity contribution in [3.8, 4) is 0 Å². The molecule has 0 saturated carbocycles. The molecule has 0 rings (SSSR count). The molecule has 0 aliphatic rings. The summed E-state index contributed by atoms with van der Waals surface area (Å²) in [5.74, 6) is 0. The zero-order chi connectivity index (χ0) is 10.8. The molecule has 0 bridgehead atoms. The molecule has 0 aromatic carbocycles. The first-order valence-corrected chi connectivity index (χ1v) is 5.66. The Morgan fingerprint density at radius 2 is 0.643 bits per heavy atom. The van der Waals surface area contributed by atoms with E-state index in [0.717, 1.165) is 0 Å². The molecule has 0 aliphatic carbocycles. The van der Waals surface area contributed by atoms with Crippen LogP contribution < -0.4 is 35.5 Å². The van der Waals surface area contributed by atoms with Crippen LogP contribution in [0.2, 0.25) is 0 Å². The molecular formula is HAl4LiO8Zr. The van der Waals surface area contributed by atoms with Crippen molar-refractivity contribution >= 4 is 61.9 Å². The standard InChI is InChI=1S/4Al.Li.8O.Zr.H/q;;;;+1;;;;;4*-1;+4;-1. The van der Waals surface area contributed by atoms with Crippen molar-refractivity contribution in [2.24, 2.45) is 0 Å². The van der Waals surface area contributed by atoms with E-state index >= 15 is 0 Å². The average Bonchev–Trinajstić information content (AvgIpc) is 1.92. The molecule has 0 aliphatic heterocycles. The van der Waals surface area contributed by atoms with Gasteiger partial charge in [0, 0.05) is 0 Å². The summed E-state index contributed by atoms with van der Waals surface area (Å²) >= 11 is -7.00. The first-order valence-electron chi connectivity index (χ1n) is 1.89. The maximum absolute atomic E-state index is 8.46. The molecule has 0 atom stereocenters. The van der Waals surface area contributed by atoms with Gasteiger partial charge in [-0.05, 0) is 0 Å². The second-order valence-corrected chi connectivity index (χ2v) is 1.15. The number of hydrogen-bond acceptors (Lipinski definition) is 8. The van der Waals surface area contributed by atoms with Gasteiger partial charge in [0.05, 0.1) is 0 Å². The average molecular weight is 335 g/mol. The Bertz CT molecular complexity index is 80.6. The van der Waals surface area contributed by atoms with Gasteiger partial charge < -0.3 is 1.43 Å². The van der Waals surface area contributed by atoms with E-state index in [1.54, 1.807) is 0 Å². The molecule has 0 aromatic rings. The van der Waals surface area contributed by atoms with Gasteiger partial charge in [-0.1, -0.05) is 0 Å². The van der Waals surface area contributed by atoms with Gasteiger partial charge in [0.1, 0.15) is 0 Å². The molecule has 14 heteroatoms. The van der Waals surface area contributed by atoms with Gasteiger partial charge in [-0.15, -0.1) is 0 Å². The molecule has 0 saturated heterocycles. The summed E-state index contributed by atoms with van der Waals surface area (Å²) in [6.45, 7) is 0. The topological polar surface area (TPSA) is 161 Å². The molecule has 66 valence electrons. The van der Waals surface area contributed by atoms with Gasteiger partial charge >= 0.3 is 139 Å². The Morgan fingerprint density at radius 1 is 0.643 bits per heavy atom. The zero-order valence-corrected chi connectivity index (χ0v) is 14.2.